The zero-order chi connectivity index (χ0) is 24.2. The van der Waals surface area contributed by atoms with Crippen molar-refractivity contribution in [1.82, 2.24) is 19.9 Å². The third kappa shape index (κ3) is 5.30. The summed E-state index contributed by atoms with van der Waals surface area (Å²) < 4.78 is 42.6. The van der Waals surface area contributed by atoms with Gasteiger partial charge in [-0.3, -0.25) is 9.78 Å². The smallest absolute Gasteiger partial charge is 0.315 e. The summed E-state index contributed by atoms with van der Waals surface area (Å²) in [5.41, 5.74) is 3.77. The van der Waals surface area contributed by atoms with E-state index >= 15 is 0 Å². The first-order chi connectivity index (χ1) is 17.1. The Labute approximate surface area is 200 Å². The zero-order valence-electron chi connectivity index (χ0n) is 19.0. The maximum Gasteiger partial charge on any atom is 0.315 e. The van der Waals surface area contributed by atoms with E-state index < -0.39 is 18.4 Å². The van der Waals surface area contributed by atoms with E-state index in [0.29, 0.717) is 29.9 Å². The molecule has 1 atom stereocenters. The van der Waals surface area contributed by atoms with Gasteiger partial charge in [0.25, 0.3) is 5.91 Å². The largest absolute Gasteiger partial charge is 0.473 e. The number of fused-ring (bicyclic) bond motifs is 1. The quantitative estimate of drug-likeness (QED) is 0.526. The lowest BCUT2D eigenvalue weighted by molar-refractivity contribution is -0.151. The fraction of sp³-hybridized carbons (Fsp3) is 0.417. The van der Waals surface area contributed by atoms with Crippen LogP contribution in [0, 0.1) is 0 Å². The first-order valence-electron chi connectivity index (χ1n) is 11.4. The van der Waals surface area contributed by atoms with Crippen molar-refractivity contribution in [2.75, 3.05) is 57.5 Å². The number of pyridine rings is 1. The number of hydrogen-bond donors (Lipinski definition) is 0. The lowest BCUT2D eigenvalue weighted by atomic mass is 10.1. The number of aromatic nitrogens is 3. The van der Waals surface area contributed by atoms with Gasteiger partial charge in [0.2, 0.25) is 5.88 Å². The topological polar surface area (TPSA) is 89.9 Å². The van der Waals surface area contributed by atoms with Gasteiger partial charge < -0.3 is 24.0 Å². The van der Waals surface area contributed by atoms with Gasteiger partial charge in [-0.25, -0.2) is 9.97 Å². The molecule has 0 aliphatic carbocycles. The maximum absolute atomic E-state index is 12.8. The second kappa shape index (κ2) is 10.4. The van der Waals surface area contributed by atoms with E-state index in [1.807, 2.05) is 30.3 Å². The number of amides is 1. The Bertz CT molecular complexity index is 1170. The Morgan fingerprint density at radius 3 is 2.63 bits per heavy atom. The lowest BCUT2D eigenvalue weighted by Gasteiger charge is -2.32. The number of carbonyl (C=O) groups is 1. The molecule has 5 rings (SSSR count). The Balaban J connectivity index is 1.35. The molecule has 2 saturated heterocycles. The molecule has 2 aromatic heterocycles. The van der Waals surface area contributed by atoms with Crippen LogP contribution in [0.2, 0.25) is 0 Å². The molecule has 3 aromatic rings. The number of morpholine rings is 2. The van der Waals surface area contributed by atoms with Gasteiger partial charge in [-0.05, 0) is 18.2 Å². The van der Waals surface area contributed by atoms with Crippen LogP contribution in [0.15, 0.2) is 42.7 Å². The van der Waals surface area contributed by atoms with Crippen molar-refractivity contribution >= 4 is 22.6 Å². The van der Waals surface area contributed by atoms with Gasteiger partial charge in [-0.15, -0.1) is 0 Å². The van der Waals surface area contributed by atoms with Gasteiger partial charge in [0.05, 0.1) is 37.6 Å². The molecular formula is C24H25F2N5O4. The zero-order valence-corrected chi connectivity index (χ0v) is 19.0. The Kier molecular flexibility index (Phi) is 6.96. The number of halogens is 2. The predicted molar refractivity (Wildman–Crippen MR) is 124 cm³/mol. The molecule has 11 heteroatoms. The molecular weight excluding hydrogens is 460 g/mol. The van der Waals surface area contributed by atoms with E-state index in [2.05, 4.69) is 19.9 Å². The molecule has 1 amide bonds. The minimum Gasteiger partial charge on any atom is -0.473 e. The summed E-state index contributed by atoms with van der Waals surface area (Å²) in [4.78, 5) is 28.4. The fourth-order valence-electron chi connectivity index (χ4n) is 4.19. The van der Waals surface area contributed by atoms with Crippen molar-refractivity contribution in [3.05, 3.63) is 42.7 Å². The van der Waals surface area contributed by atoms with Crippen LogP contribution in [0.25, 0.3) is 22.3 Å². The average Bonchev–Trinajstić information content (AvgIpc) is 2.92. The molecule has 2 aliphatic heterocycles. The monoisotopic (exact) mass is 485 g/mol. The summed E-state index contributed by atoms with van der Waals surface area (Å²) in [5.74, 6) is -0.931. The van der Waals surface area contributed by atoms with Crippen LogP contribution in [-0.4, -0.2) is 90.9 Å². The molecule has 4 heterocycles. The van der Waals surface area contributed by atoms with Crippen molar-refractivity contribution in [3.63, 3.8) is 0 Å². The van der Waals surface area contributed by atoms with E-state index in [4.69, 9.17) is 14.2 Å². The second-order valence-corrected chi connectivity index (χ2v) is 8.27. The van der Waals surface area contributed by atoms with Crippen LogP contribution in [0.5, 0.6) is 5.88 Å². The van der Waals surface area contributed by atoms with Crippen molar-refractivity contribution in [2.45, 2.75) is 12.5 Å². The van der Waals surface area contributed by atoms with Crippen LogP contribution in [0.1, 0.15) is 0 Å². The molecule has 35 heavy (non-hydrogen) atoms. The molecule has 2 fully saturated rings. The molecule has 0 bridgehead atoms. The van der Waals surface area contributed by atoms with Crippen LogP contribution in [-0.2, 0) is 14.3 Å². The third-order valence-corrected chi connectivity index (χ3v) is 6.01. The molecule has 1 unspecified atom stereocenters. The van der Waals surface area contributed by atoms with E-state index in [0.717, 1.165) is 29.2 Å². The van der Waals surface area contributed by atoms with Gasteiger partial charge in [-0.1, -0.05) is 12.1 Å². The lowest BCUT2D eigenvalue weighted by Crippen LogP contribution is -2.49. The summed E-state index contributed by atoms with van der Waals surface area (Å²) in [6, 6.07) is 9.94. The minimum atomic E-state index is -3.04. The maximum atomic E-state index is 12.8. The number of anilines is 1. The Hall–Kier alpha value is -3.44. The van der Waals surface area contributed by atoms with Crippen molar-refractivity contribution in [1.29, 1.82) is 0 Å². The van der Waals surface area contributed by atoms with Crippen LogP contribution in [0.4, 0.5) is 14.5 Å². The van der Waals surface area contributed by atoms with Crippen LogP contribution >= 0.6 is 0 Å². The fourth-order valence-corrected chi connectivity index (χ4v) is 4.19. The third-order valence-electron chi connectivity index (χ3n) is 6.01. The summed E-state index contributed by atoms with van der Waals surface area (Å²) in [6.45, 7) is 3.48. The standard InChI is InChI=1S/C24H25F2N5O4/c25-22(26)24(32)31-9-12-34-18(14-31)15-35-23-21-20(27-5-6-28-21)13-19(29-23)16-1-3-17(4-2-16)30-7-10-33-11-8-30/h1-6,13,18,22H,7-12,14-15H2. The van der Waals surface area contributed by atoms with E-state index in [9.17, 15) is 13.6 Å². The average molecular weight is 485 g/mol. The van der Waals surface area contributed by atoms with E-state index in [-0.39, 0.29) is 32.2 Å². The molecule has 2 aliphatic rings. The van der Waals surface area contributed by atoms with E-state index in [1.54, 1.807) is 12.4 Å². The molecule has 0 saturated carbocycles. The highest BCUT2D eigenvalue weighted by molar-refractivity contribution is 5.83. The Morgan fingerprint density at radius 2 is 1.86 bits per heavy atom. The Morgan fingerprint density at radius 1 is 1.09 bits per heavy atom. The van der Waals surface area contributed by atoms with Crippen LogP contribution in [0.3, 0.4) is 0 Å². The van der Waals surface area contributed by atoms with Gasteiger partial charge in [0, 0.05) is 43.3 Å². The molecule has 1 aromatic carbocycles. The normalized spacial score (nSPS) is 18.8. The number of rotatable bonds is 6. The summed E-state index contributed by atoms with van der Waals surface area (Å²) in [5, 5.41) is 0. The highest BCUT2D eigenvalue weighted by Crippen LogP contribution is 2.29. The molecule has 9 nitrogen and oxygen atoms in total. The molecule has 0 radical (unpaired) electrons. The van der Waals surface area contributed by atoms with Gasteiger partial charge in [0.1, 0.15) is 12.7 Å². The summed E-state index contributed by atoms with van der Waals surface area (Å²) in [7, 11) is 0. The SMILES string of the molecule is O=C(C(F)F)N1CCOC(COc2nc(-c3ccc(N4CCOCC4)cc3)cc3nccnc23)C1. The van der Waals surface area contributed by atoms with Crippen molar-refractivity contribution < 1.29 is 27.8 Å². The summed E-state index contributed by atoms with van der Waals surface area (Å²) in [6.07, 6.45) is -0.457. The minimum absolute atomic E-state index is 0.0233. The first-order valence-corrected chi connectivity index (χ1v) is 11.4. The number of hydrogen-bond acceptors (Lipinski definition) is 8. The van der Waals surface area contributed by atoms with Gasteiger partial charge in [0.15, 0.2) is 5.52 Å². The van der Waals surface area contributed by atoms with Crippen molar-refractivity contribution in [3.8, 4) is 17.1 Å². The van der Waals surface area contributed by atoms with Gasteiger partial charge in [-0.2, -0.15) is 8.78 Å². The van der Waals surface area contributed by atoms with Gasteiger partial charge >= 0.3 is 6.43 Å². The van der Waals surface area contributed by atoms with Crippen LogP contribution < -0.4 is 9.64 Å². The molecule has 0 N–H and O–H groups in total. The predicted octanol–water partition coefficient (Wildman–Crippen LogP) is 2.40. The first kappa shape index (κ1) is 23.3. The van der Waals surface area contributed by atoms with Crippen molar-refractivity contribution in [2.24, 2.45) is 0 Å². The number of ether oxygens (including phenoxy) is 3. The highest BCUT2D eigenvalue weighted by atomic mass is 19.3. The van der Waals surface area contributed by atoms with E-state index in [1.165, 1.54) is 0 Å². The number of alkyl halides is 2. The number of benzene rings is 1. The molecule has 0 spiro atoms. The summed E-state index contributed by atoms with van der Waals surface area (Å²) >= 11 is 0. The number of carbonyl (C=O) groups excluding carboxylic acids is 1. The second-order valence-electron chi connectivity index (χ2n) is 8.27. The number of nitrogens with zero attached hydrogens (tertiary/aromatic N) is 5. The highest BCUT2D eigenvalue weighted by Gasteiger charge is 2.29. The molecule has 184 valence electrons.